The lowest BCUT2D eigenvalue weighted by Crippen LogP contribution is -2.48. The van der Waals surface area contributed by atoms with Gasteiger partial charge in [-0.2, -0.15) is 0 Å². The predicted octanol–water partition coefficient (Wildman–Crippen LogP) is 1.06. The maximum absolute atomic E-state index is 12.0. The van der Waals surface area contributed by atoms with Gasteiger partial charge in [-0.25, -0.2) is 0 Å². The predicted molar refractivity (Wildman–Crippen MR) is 66.8 cm³/mol. The van der Waals surface area contributed by atoms with Crippen LogP contribution in [0.2, 0.25) is 0 Å². The standard InChI is InChI=1S/C13H24N2O2/c1-9-4-3-5-11(15-9)8-14-13(16)12-6-7-17-10(12)2/h9-12,15H,3-8H2,1-2H3,(H,14,16). The van der Waals surface area contributed by atoms with Crippen molar-refractivity contribution in [3.8, 4) is 0 Å². The number of carbonyl (C=O) groups is 1. The van der Waals surface area contributed by atoms with Crippen LogP contribution in [0.3, 0.4) is 0 Å². The van der Waals surface area contributed by atoms with Crippen molar-refractivity contribution in [3.05, 3.63) is 0 Å². The quantitative estimate of drug-likeness (QED) is 0.775. The summed E-state index contributed by atoms with van der Waals surface area (Å²) in [5.41, 5.74) is 0. The molecule has 0 aromatic heterocycles. The maximum atomic E-state index is 12.0. The highest BCUT2D eigenvalue weighted by Crippen LogP contribution is 2.20. The molecule has 2 aliphatic rings. The molecule has 4 nitrogen and oxygen atoms in total. The van der Waals surface area contributed by atoms with Gasteiger partial charge in [0.05, 0.1) is 12.0 Å². The van der Waals surface area contributed by atoms with E-state index >= 15 is 0 Å². The highest BCUT2D eigenvalue weighted by molar-refractivity contribution is 5.79. The van der Waals surface area contributed by atoms with Crippen molar-refractivity contribution in [3.63, 3.8) is 0 Å². The number of hydrogen-bond acceptors (Lipinski definition) is 3. The molecule has 2 rings (SSSR count). The van der Waals surface area contributed by atoms with Gasteiger partial charge in [-0.1, -0.05) is 6.42 Å². The van der Waals surface area contributed by atoms with Gasteiger partial charge in [0.2, 0.25) is 5.91 Å². The van der Waals surface area contributed by atoms with Gasteiger partial charge >= 0.3 is 0 Å². The van der Waals surface area contributed by atoms with Crippen molar-refractivity contribution >= 4 is 5.91 Å². The van der Waals surface area contributed by atoms with Gasteiger partial charge in [-0.15, -0.1) is 0 Å². The summed E-state index contributed by atoms with van der Waals surface area (Å²) in [6.45, 7) is 5.67. The minimum atomic E-state index is 0.0519. The van der Waals surface area contributed by atoms with Crippen LogP contribution in [-0.2, 0) is 9.53 Å². The molecule has 4 unspecified atom stereocenters. The van der Waals surface area contributed by atoms with E-state index in [0.29, 0.717) is 12.1 Å². The van der Waals surface area contributed by atoms with Crippen LogP contribution in [0.15, 0.2) is 0 Å². The molecule has 0 aliphatic carbocycles. The highest BCUT2D eigenvalue weighted by Gasteiger charge is 2.31. The summed E-state index contributed by atoms with van der Waals surface area (Å²) in [7, 11) is 0. The van der Waals surface area contributed by atoms with Gasteiger partial charge in [0, 0.05) is 25.2 Å². The molecule has 2 fully saturated rings. The molecule has 0 saturated carbocycles. The third-order valence-corrected chi connectivity index (χ3v) is 3.95. The molecule has 4 atom stereocenters. The van der Waals surface area contributed by atoms with Crippen molar-refractivity contribution in [1.29, 1.82) is 0 Å². The molecular formula is C13H24N2O2. The Morgan fingerprint density at radius 3 is 2.82 bits per heavy atom. The zero-order chi connectivity index (χ0) is 12.3. The van der Waals surface area contributed by atoms with Crippen LogP contribution < -0.4 is 10.6 Å². The lowest BCUT2D eigenvalue weighted by molar-refractivity contribution is -0.126. The third kappa shape index (κ3) is 3.42. The monoisotopic (exact) mass is 240 g/mol. The zero-order valence-electron chi connectivity index (χ0n) is 10.9. The van der Waals surface area contributed by atoms with E-state index in [4.69, 9.17) is 4.74 Å². The van der Waals surface area contributed by atoms with Crippen LogP contribution in [0, 0.1) is 5.92 Å². The van der Waals surface area contributed by atoms with Crippen LogP contribution in [0.4, 0.5) is 0 Å². The Hall–Kier alpha value is -0.610. The van der Waals surface area contributed by atoms with Gasteiger partial charge < -0.3 is 15.4 Å². The summed E-state index contributed by atoms with van der Waals surface area (Å²) in [4.78, 5) is 12.0. The number of carbonyl (C=O) groups excluding carboxylic acids is 1. The van der Waals surface area contributed by atoms with Gasteiger partial charge in [-0.3, -0.25) is 4.79 Å². The maximum Gasteiger partial charge on any atom is 0.225 e. The molecule has 0 aromatic carbocycles. The van der Waals surface area contributed by atoms with E-state index in [1.165, 1.54) is 19.3 Å². The highest BCUT2D eigenvalue weighted by atomic mass is 16.5. The number of piperidine rings is 1. The molecule has 1 amide bonds. The van der Waals surface area contributed by atoms with Crippen molar-refractivity contribution < 1.29 is 9.53 Å². The summed E-state index contributed by atoms with van der Waals surface area (Å²) in [6.07, 6.45) is 4.62. The van der Waals surface area contributed by atoms with Gasteiger partial charge in [0.1, 0.15) is 0 Å². The second-order valence-corrected chi connectivity index (χ2v) is 5.41. The molecule has 0 spiro atoms. The molecule has 2 aliphatic heterocycles. The van der Waals surface area contributed by atoms with Gasteiger partial charge in [0.25, 0.3) is 0 Å². The lowest BCUT2D eigenvalue weighted by atomic mass is 9.98. The fraction of sp³-hybridized carbons (Fsp3) is 0.923. The number of nitrogens with one attached hydrogen (secondary N) is 2. The molecular weight excluding hydrogens is 216 g/mol. The minimum Gasteiger partial charge on any atom is -0.378 e. The third-order valence-electron chi connectivity index (χ3n) is 3.95. The largest absolute Gasteiger partial charge is 0.378 e. The first-order valence-corrected chi connectivity index (χ1v) is 6.82. The molecule has 17 heavy (non-hydrogen) atoms. The molecule has 0 radical (unpaired) electrons. The Kier molecular flexibility index (Phi) is 4.40. The Labute approximate surface area is 103 Å². The van der Waals surface area contributed by atoms with Crippen molar-refractivity contribution in [1.82, 2.24) is 10.6 Å². The molecule has 98 valence electrons. The lowest BCUT2D eigenvalue weighted by Gasteiger charge is -2.29. The number of amides is 1. The van der Waals surface area contributed by atoms with Gasteiger partial charge in [-0.05, 0) is 33.1 Å². The summed E-state index contributed by atoms with van der Waals surface area (Å²) >= 11 is 0. The molecule has 4 heteroatoms. The summed E-state index contributed by atoms with van der Waals surface area (Å²) in [5, 5.41) is 6.59. The average molecular weight is 240 g/mol. The van der Waals surface area contributed by atoms with E-state index in [2.05, 4.69) is 17.6 Å². The Balaban J connectivity index is 1.72. The van der Waals surface area contributed by atoms with E-state index in [0.717, 1.165) is 19.6 Å². The molecule has 2 N–H and O–H groups in total. The van der Waals surface area contributed by atoms with Crippen molar-refractivity contribution in [2.24, 2.45) is 5.92 Å². The topological polar surface area (TPSA) is 50.4 Å². The molecule has 2 saturated heterocycles. The van der Waals surface area contributed by atoms with Crippen molar-refractivity contribution in [2.45, 2.75) is 57.7 Å². The number of ether oxygens (including phenoxy) is 1. The van der Waals surface area contributed by atoms with E-state index in [1.807, 2.05) is 6.92 Å². The first kappa shape index (κ1) is 12.8. The summed E-state index contributed by atoms with van der Waals surface area (Å²) in [5.74, 6) is 0.214. The fourth-order valence-corrected chi connectivity index (χ4v) is 2.83. The van der Waals surface area contributed by atoms with E-state index in [9.17, 15) is 4.79 Å². The van der Waals surface area contributed by atoms with Crippen LogP contribution in [0.1, 0.15) is 39.5 Å². The average Bonchev–Trinajstić information content (AvgIpc) is 2.72. The van der Waals surface area contributed by atoms with Crippen LogP contribution in [0.25, 0.3) is 0 Å². The zero-order valence-corrected chi connectivity index (χ0v) is 10.9. The molecule has 0 bridgehead atoms. The fourth-order valence-electron chi connectivity index (χ4n) is 2.83. The number of rotatable bonds is 3. The first-order valence-electron chi connectivity index (χ1n) is 6.82. The molecule has 0 aromatic rings. The van der Waals surface area contributed by atoms with E-state index < -0.39 is 0 Å². The number of hydrogen-bond donors (Lipinski definition) is 2. The summed E-state index contributed by atoms with van der Waals surface area (Å²) < 4.78 is 5.42. The minimum absolute atomic E-state index is 0.0519. The second-order valence-electron chi connectivity index (χ2n) is 5.41. The Morgan fingerprint density at radius 1 is 1.35 bits per heavy atom. The second kappa shape index (κ2) is 5.83. The van der Waals surface area contributed by atoms with Crippen LogP contribution in [-0.4, -0.2) is 37.2 Å². The molecule has 2 heterocycles. The van der Waals surface area contributed by atoms with Crippen LogP contribution >= 0.6 is 0 Å². The SMILES string of the molecule is CC1CCCC(CNC(=O)C2CCOC2C)N1. The van der Waals surface area contributed by atoms with Gasteiger partial charge in [0.15, 0.2) is 0 Å². The van der Waals surface area contributed by atoms with Crippen LogP contribution in [0.5, 0.6) is 0 Å². The Bertz CT molecular complexity index is 270. The van der Waals surface area contributed by atoms with E-state index in [1.54, 1.807) is 0 Å². The Morgan fingerprint density at radius 2 is 2.18 bits per heavy atom. The van der Waals surface area contributed by atoms with E-state index in [-0.39, 0.29) is 17.9 Å². The first-order chi connectivity index (χ1) is 8.16. The smallest absolute Gasteiger partial charge is 0.225 e. The normalized spacial score (nSPS) is 38.0. The summed E-state index contributed by atoms with van der Waals surface area (Å²) in [6, 6.07) is 1.03. The van der Waals surface area contributed by atoms with Crippen molar-refractivity contribution in [2.75, 3.05) is 13.2 Å².